The smallest absolute Gasteiger partial charge is 0.283 e. The number of hydrogen-bond donors (Lipinski definition) is 2. The number of rotatable bonds is 4. The van der Waals surface area contributed by atoms with Crippen molar-refractivity contribution < 1.29 is 9.59 Å². The molecule has 0 spiro atoms. The molecule has 0 fully saturated rings. The first-order valence-electron chi connectivity index (χ1n) is 10.9. The number of carbonyl (C=O) groups excluding carboxylic acids is 2. The second-order valence-electron chi connectivity index (χ2n) is 8.42. The number of aromatic nitrogens is 4. The number of benzene rings is 2. The summed E-state index contributed by atoms with van der Waals surface area (Å²) in [4.78, 5) is 60.7. The minimum Gasteiger partial charge on any atom is -0.320 e. The van der Waals surface area contributed by atoms with Gasteiger partial charge in [-0.2, -0.15) is 0 Å². The van der Waals surface area contributed by atoms with Gasteiger partial charge in [0.1, 0.15) is 23.7 Å². The highest BCUT2D eigenvalue weighted by molar-refractivity contribution is 9.10. The van der Waals surface area contributed by atoms with Crippen LogP contribution in [-0.2, 0) is 0 Å². The number of aryl methyl sites for hydroxylation is 3. The summed E-state index contributed by atoms with van der Waals surface area (Å²) in [7, 11) is 0. The molecular weight excluding hydrogens is 528 g/mol. The highest BCUT2D eigenvalue weighted by atomic mass is 79.9. The predicted octanol–water partition coefficient (Wildman–Crippen LogP) is 3.33. The van der Waals surface area contributed by atoms with E-state index >= 15 is 0 Å². The van der Waals surface area contributed by atoms with Gasteiger partial charge >= 0.3 is 0 Å². The van der Waals surface area contributed by atoms with Gasteiger partial charge in [-0.1, -0.05) is 34.1 Å². The summed E-state index contributed by atoms with van der Waals surface area (Å²) in [5.41, 5.74) is 1.45. The number of nitrogens with one attached hydrogen (secondary N) is 2. The van der Waals surface area contributed by atoms with E-state index in [9.17, 15) is 19.2 Å². The third-order valence-electron chi connectivity index (χ3n) is 5.90. The molecular formula is C25H19BrN6O4. The zero-order valence-corrected chi connectivity index (χ0v) is 21.0. The van der Waals surface area contributed by atoms with Crippen LogP contribution in [0.3, 0.4) is 0 Å². The molecule has 5 rings (SSSR count). The van der Waals surface area contributed by atoms with Crippen LogP contribution in [0.15, 0.2) is 63.1 Å². The SMILES string of the molecule is Cc1ccc(C)c(NC(=O)c2ncn3c(=O)c4c(C(=O)Nc5cc(Br)ccc5C)ncn4c(=O)c23)c1. The van der Waals surface area contributed by atoms with Crippen LogP contribution in [-0.4, -0.2) is 30.6 Å². The minimum absolute atomic E-state index is 0.204. The number of carbonyl (C=O) groups is 2. The van der Waals surface area contributed by atoms with E-state index in [0.717, 1.165) is 42.6 Å². The lowest BCUT2D eigenvalue weighted by atomic mass is 10.1. The molecule has 0 atom stereocenters. The van der Waals surface area contributed by atoms with E-state index in [-0.39, 0.29) is 22.4 Å². The van der Waals surface area contributed by atoms with Crippen LogP contribution in [0.1, 0.15) is 37.7 Å². The maximum Gasteiger partial charge on any atom is 0.283 e. The zero-order chi connectivity index (χ0) is 25.7. The van der Waals surface area contributed by atoms with E-state index in [0.29, 0.717) is 11.4 Å². The van der Waals surface area contributed by atoms with Crippen molar-refractivity contribution in [3.8, 4) is 0 Å². The van der Waals surface area contributed by atoms with Gasteiger partial charge in [0, 0.05) is 15.8 Å². The van der Waals surface area contributed by atoms with Gasteiger partial charge in [0.2, 0.25) is 0 Å². The number of nitrogens with zero attached hydrogens (tertiary/aromatic N) is 4. The first-order valence-corrected chi connectivity index (χ1v) is 11.6. The Kier molecular flexibility index (Phi) is 5.64. The number of anilines is 2. The van der Waals surface area contributed by atoms with Crippen LogP contribution < -0.4 is 21.8 Å². The van der Waals surface area contributed by atoms with Crippen molar-refractivity contribution in [3.05, 3.63) is 102 Å². The highest BCUT2D eigenvalue weighted by Gasteiger charge is 2.25. The number of imidazole rings is 2. The molecule has 5 aromatic rings. The first-order chi connectivity index (χ1) is 17.2. The van der Waals surface area contributed by atoms with Crippen molar-refractivity contribution in [1.29, 1.82) is 0 Å². The standard InChI is InChI=1S/C25H19BrN6O4/c1-12-4-5-13(2)16(8-12)29-22(33)18-20-24(35)32-11-28-19(21(32)25(36)31(20)10-27-18)23(34)30-17-9-15(26)7-6-14(17)3/h4-11H,1-3H3,(H,29,33)(H,30,34). The molecule has 3 heterocycles. The topological polar surface area (TPSA) is 127 Å². The lowest BCUT2D eigenvalue weighted by Gasteiger charge is -2.08. The molecule has 10 nitrogen and oxygen atoms in total. The Morgan fingerprint density at radius 3 is 1.75 bits per heavy atom. The summed E-state index contributed by atoms with van der Waals surface area (Å²) in [6.45, 7) is 5.55. The molecule has 2 N–H and O–H groups in total. The van der Waals surface area contributed by atoms with Gasteiger partial charge in [-0.25, -0.2) is 9.97 Å². The normalized spacial score (nSPS) is 11.2. The summed E-state index contributed by atoms with van der Waals surface area (Å²) < 4.78 is 2.70. The Balaban J connectivity index is 1.58. The Labute approximate surface area is 212 Å². The Morgan fingerprint density at radius 2 is 1.22 bits per heavy atom. The fraction of sp³-hybridized carbons (Fsp3) is 0.120. The van der Waals surface area contributed by atoms with E-state index in [2.05, 4.69) is 36.5 Å². The van der Waals surface area contributed by atoms with E-state index in [1.165, 1.54) is 0 Å². The summed E-state index contributed by atoms with van der Waals surface area (Å²) >= 11 is 3.36. The predicted molar refractivity (Wildman–Crippen MR) is 138 cm³/mol. The molecule has 0 aliphatic rings. The van der Waals surface area contributed by atoms with E-state index < -0.39 is 22.9 Å². The Morgan fingerprint density at radius 1 is 0.750 bits per heavy atom. The number of fused-ring (bicyclic) bond motifs is 2. The average molecular weight is 547 g/mol. The maximum absolute atomic E-state index is 13.3. The van der Waals surface area contributed by atoms with E-state index in [1.54, 1.807) is 12.1 Å². The summed E-state index contributed by atoms with van der Waals surface area (Å²) in [5, 5.41) is 5.48. The Hall–Kier alpha value is -4.38. The van der Waals surface area contributed by atoms with Gasteiger partial charge in [0.15, 0.2) is 11.4 Å². The van der Waals surface area contributed by atoms with Crippen molar-refractivity contribution >= 4 is 50.2 Å². The number of halogens is 1. The molecule has 0 saturated carbocycles. The van der Waals surface area contributed by atoms with Gasteiger partial charge in [-0.15, -0.1) is 0 Å². The van der Waals surface area contributed by atoms with Crippen molar-refractivity contribution in [2.75, 3.05) is 10.6 Å². The van der Waals surface area contributed by atoms with Crippen LogP contribution in [0.5, 0.6) is 0 Å². The fourth-order valence-electron chi connectivity index (χ4n) is 3.94. The third-order valence-corrected chi connectivity index (χ3v) is 6.39. The minimum atomic E-state index is -0.698. The molecule has 180 valence electrons. The number of hydrogen-bond acceptors (Lipinski definition) is 6. The monoisotopic (exact) mass is 546 g/mol. The molecule has 2 amide bonds. The molecule has 0 aliphatic heterocycles. The molecule has 0 bridgehead atoms. The van der Waals surface area contributed by atoms with Gasteiger partial charge in [-0.3, -0.25) is 28.0 Å². The number of amides is 2. The molecule has 11 heteroatoms. The van der Waals surface area contributed by atoms with E-state index in [1.807, 2.05) is 45.0 Å². The van der Waals surface area contributed by atoms with Gasteiger partial charge < -0.3 is 10.6 Å². The largest absolute Gasteiger partial charge is 0.320 e. The molecule has 36 heavy (non-hydrogen) atoms. The van der Waals surface area contributed by atoms with Gasteiger partial charge in [0.05, 0.1) is 0 Å². The van der Waals surface area contributed by atoms with Crippen LogP contribution in [0.25, 0.3) is 11.0 Å². The second-order valence-corrected chi connectivity index (χ2v) is 9.34. The third kappa shape index (κ3) is 3.83. The van der Waals surface area contributed by atoms with Gasteiger partial charge in [-0.05, 0) is 55.7 Å². The summed E-state index contributed by atoms with van der Waals surface area (Å²) in [5.74, 6) is -1.28. The lowest BCUT2D eigenvalue weighted by molar-refractivity contribution is 0.101. The Bertz CT molecular complexity index is 1690. The maximum atomic E-state index is 13.3. The molecule has 0 aliphatic carbocycles. The van der Waals surface area contributed by atoms with Crippen molar-refractivity contribution in [1.82, 2.24) is 18.8 Å². The molecule has 3 aromatic heterocycles. The summed E-state index contributed by atoms with van der Waals surface area (Å²) in [6, 6.07) is 11.0. The van der Waals surface area contributed by atoms with Crippen LogP contribution in [0.4, 0.5) is 11.4 Å². The van der Waals surface area contributed by atoms with Crippen molar-refractivity contribution in [2.45, 2.75) is 20.8 Å². The first kappa shape index (κ1) is 23.4. The molecule has 0 unspecified atom stereocenters. The van der Waals surface area contributed by atoms with Crippen LogP contribution >= 0.6 is 15.9 Å². The van der Waals surface area contributed by atoms with Crippen LogP contribution in [0.2, 0.25) is 0 Å². The molecule has 0 radical (unpaired) electrons. The fourth-order valence-corrected chi connectivity index (χ4v) is 4.30. The quantitative estimate of drug-likeness (QED) is 0.356. The van der Waals surface area contributed by atoms with Crippen LogP contribution in [0, 0.1) is 20.8 Å². The van der Waals surface area contributed by atoms with Crippen molar-refractivity contribution in [3.63, 3.8) is 0 Å². The second kappa shape index (κ2) is 8.68. The zero-order valence-electron chi connectivity index (χ0n) is 19.4. The molecule has 2 aromatic carbocycles. The van der Waals surface area contributed by atoms with E-state index in [4.69, 9.17) is 0 Å². The van der Waals surface area contributed by atoms with Gasteiger partial charge in [0.25, 0.3) is 22.9 Å². The summed E-state index contributed by atoms with van der Waals surface area (Å²) in [6.07, 6.45) is 2.20. The average Bonchev–Trinajstić information content (AvgIpc) is 3.48. The lowest BCUT2D eigenvalue weighted by Crippen LogP contribution is -2.28. The van der Waals surface area contributed by atoms with Crippen molar-refractivity contribution in [2.24, 2.45) is 0 Å². The highest BCUT2D eigenvalue weighted by Crippen LogP contribution is 2.22. The molecule has 0 saturated heterocycles.